The zero-order valence-corrected chi connectivity index (χ0v) is 10.1. The number of hydrogen-bond donors (Lipinski definition) is 1. The van der Waals surface area contributed by atoms with Gasteiger partial charge in [0, 0.05) is 10.6 Å². The first-order chi connectivity index (χ1) is 7.61. The molecule has 6 heteroatoms. The molecule has 2 rings (SSSR count). The Morgan fingerprint density at radius 2 is 2.25 bits per heavy atom. The first kappa shape index (κ1) is 11.3. The van der Waals surface area contributed by atoms with Gasteiger partial charge in [0.25, 0.3) is 0 Å². The van der Waals surface area contributed by atoms with Gasteiger partial charge in [-0.05, 0) is 34.1 Å². The molecule has 0 radical (unpaired) electrons. The van der Waals surface area contributed by atoms with Crippen molar-refractivity contribution in [3.8, 4) is 11.3 Å². The molecule has 0 aliphatic rings. The van der Waals surface area contributed by atoms with E-state index in [9.17, 15) is 9.18 Å². The third-order valence-corrected chi connectivity index (χ3v) is 2.78. The van der Waals surface area contributed by atoms with E-state index in [1.807, 2.05) is 0 Å². The summed E-state index contributed by atoms with van der Waals surface area (Å²) in [5.74, 6) is -0.324. The van der Waals surface area contributed by atoms with Gasteiger partial charge in [0.15, 0.2) is 12.1 Å². The molecule has 3 nitrogen and oxygen atoms in total. The van der Waals surface area contributed by atoms with Crippen LogP contribution in [0.15, 0.2) is 22.8 Å². The van der Waals surface area contributed by atoms with Gasteiger partial charge in [0.1, 0.15) is 16.1 Å². The van der Waals surface area contributed by atoms with Crippen LogP contribution in [0.1, 0.15) is 10.6 Å². The number of imidazole rings is 1. The second-order valence-corrected chi connectivity index (χ2v) is 4.26. The Morgan fingerprint density at radius 1 is 1.50 bits per heavy atom. The van der Waals surface area contributed by atoms with E-state index in [1.54, 1.807) is 0 Å². The molecule has 0 saturated heterocycles. The number of halogens is 3. The molecule has 1 aromatic carbocycles. The molecule has 2 aromatic rings. The molecule has 0 aliphatic heterocycles. The number of H-pyrrole nitrogens is 1. The fourth-order valence-electron chi connectivity index (χ4n) is 1.28. The second-order valence-electron chi connectivity index (χ2n) is 3.03. The van der Waals surface area contributed by atoms with Crippen LogP contribution < -0.4 is 0 Å². The zero-order valence-electron chi connectivity index (χ0n) is 7.80. The maximum atomic E-state index is 13.5. The van der Waals surface area contributed by atoms with Gasteiger partial charge in [-0.2, -0.15) is 0 Å². The van der Waals surface area contributed by atoms with Gasteiger partial charge in [-0.25, -0.2) is 9.37 Å². The van der Waals surface area contributed by atoms with Gasteiger partial charge >= 0.3 is 0 Å². The predicted octanol–water partition coefficient (Wildman–Crippen LogP) is 3.44. The fourth-order valence-corrected chi connectivity index (χ4v) is 1.96. The summed E-state index contributed by atoms with van der Waals surface area (Å²) in [4.78, 5) is 17.1. The molecule has 82 valence electrons. The van der Waals surface area contributed by atoms with E-state index in [0.29, 0.717) is 21.6 Å². The van der Waals surface area contributed by atoms with Gasteiger partial charge in [0.2, 0.25) is 0 Å². The maximum Gasteiger partial charge on any atom is 0.185 e. The third-order valence-electron chi connectivity index (χ3n) is 1.97. The highest BCUT2D eigenvalue weighted by molar-refractivity contribution is 9.10. The molecule has 0 amide bonds. The molecule has 0 fully saturated rings. The number of rotatable bonds is 2. The van der Waals surface area contributed by atoms with E-state index in [-0.39, 0.29) is 11.4 Å². The molecular weight excluding hydrogens is 298 g/mol. The lowest BCUT2D eigenvalue weighted by Crippen LogP contribution is -1.86. The van der Waals surface area contributed by atoms with Gasteiger partial charge < -0.3 is 4.98 Å². The average Bonchev–Trinajstić information content (AvgIpc) is 2.63. The largest absolute Gasteiger partial charge is 0.330 e. The van der Waals surface area contributed by atoms with Crippen LogP contribution in [0.2, 0.25) is 5.02 Å². The highest BCUT2D eigenvalue weighted by Crippen LogP contribution is 2.29. The van der Waals surface area contributed by atoms with Crippen LogP contribution in [0.5, 0.6) is 0 Å². The van der Waals surface area contributed by atoms with Crippen molar-refractivity contribution in [3.63, 3.8) is 0 Å². The topological polar surface area (TPSA) is 45.8 Å². The highest BCUT2D eigenvalue weighted by Gasteiger charge is 2.14. The summed E-state index contributed by atoms with van der Waals surface area (Å²) in [5.41, 5.74) is 0.561. The minimum absolute atomic E-state index is 0.126. The highest BCUT2D eigenvalue weighted by atomic mass is 79.9. The van der Waals surface area contributed by atoms with Crippen LogP contribution in [0, 0.1) is 5.82 Å². The van der Waals surface area contributed by atoms with E-state index in [0.717, 1.165) is 0 Å². The summed E-state index contributed by atoms with van der Waals surface area (Å²) < 4.78 is 14.0. The van der Waals surface area contributed by atoms with Crippen LogP contribution in [-0.2, 0) is 0 Å². The lowest BCUT2D eigenvalue weighted by Gasteiger charge is -2.00. The van der Waals surface area contributed by atoms with Crippen molar-refractivity contribution in [3.05, 3.63) is 39.5 Å². The van der Waals surface area contributed by atoms with Gasteiger partial charge in [-0.15, -0.1) is 0 Å². The van der Waals surface area contributed by atoms with Crippen LogP contribution in [0.4, 0.5) is 4.39 Å². The number of carbonyl (C=O) groups excluding carboxylic acids is 1. The molecule has 0 saturated carbocycles. The summed E-state index contributed by atoms with van der Waals surface area (Å²) in [6.07, 6.45) is 0.552. The summed E-state index contributed by atoms with van der Waals surface area (Å²) in [7, 11) is 0. The first-order valence-electron chi connectivity index (χ1n) is 4.28. The Bertz CT molecular complexity index is 556. The van der Waals surface area contributed by atoms with Crippen molar-refractivity contribution < 1.29 is 9.18 Å². The zero-order chi connectivity index (χ0) is 11.7. The van der Waals surface area contributed by atoms with Crippen LogP contribution in [0.25, 0.3) is 11.3 Å². The van der Waals surface area contributed by atoms with Crippen LogP contribution >= 0.6 is 27.5 Å². The Morgan fingerprint density at radius 3 is 2.88 bits per heavy atom. The Labute approximate surface area is 104 Å². The minimum Gasteiger partial charge on any atom is -0.330 e. The molecule has 0 bridgehead atoms. The molecule has 16 heavy (non-hydrogen) atoms. The van der Waals surface area contributed by atoms with Crippen molar-refractivity contribution in [2.75, 3.05) is 0 Å². The number of carbonyl (C=O) groups is 1. The lowest BCUT2D eigenvalue weighted by molar-refractivity contribution is 0.111. The van der Waals surface area contributed by atoms with Crippen molar-refractivity contribution >= 4 is 33.8 Å². The number of nitrogens with one attached hydrogen (secondary N) is 1. The van der Waals surface area contributed by atoms with E-state index in [1.165, 1.54) is 18.2 Å². The van der Waals surface area contributed by atoms with Gasteiger partial charge in [0.05, 0.1) is 0 Å². The number of benzene rings is 1. The Kier molecular flexibility index (Phi) is 3.07. The summed E-state index contributed by atoms with van der Waals surface area (Å²) in [5, 5.41) is 0.402. The summed E-state index contributed by atoms with van der Waals surface area (Å²) >= 11 is 8.94. The molecule has 0 spiro atoms. The molecule has 1 heterocycles. The normalized spacial score (nSPS) is 10.4. The molecule has 0 unspecified atom stereocenters. The molecule has 1 N–H and O–H groups in total. The number of aromatic nitrogens is 2. The van der Waals surface area contributed by atoms with E-state index >= 15 is 0 Å². The number of hydrogen-bond acceptors (Lipinski definition) is 2. The van der Waals surface area contributed by atoms with Crippen molar-refractivity contribution in [2.24, 2.45) is 0 Å². The summed E-state index contributed by atoms with van der Waals surface area (Å²) in [6.45, 7) is 0. The molecule has 1 aromatic heterocycles. The number of aromatic amines is 1. The molecule has 0 aliphatic carbocycles. The van der Waals surface area contributed by atoms with Gasteiger partial charge in [-0.1, -0.05) is 11.6 Å². The summed E-state index contributed by atoms with van der Waals surface area (Å²) in [6, 6.07) is 4.15. The smallest absolute Gasteiger partial charge is 0.185 e. The van der Waals surface area contributed by atoms with Crippen LogP contribution in [0.3, 0.4) is 0 Å². The standard InChI is InChI=1S/C10H5BrClFN2O/c11-10-9(14-8(4-16)15-10)6-3-5(12)1-2-7(6)13/h1-4H,(H,14,15). The average molecular weight is 304 g/mol. The monoisotopic (exact) mass is 302 g/mol. The SMILES string of the molecule is O=Cc1nc(-c2cc(Cl)ccc2F)c(Br)[nH]1. The number of aldehydes is 1. The van der Waals surface area contributed by atoms with E-state index in [2.05, 4.69) is 25.9 Å². The Balaban J connectivity index is 2.61. The Hall–Kier alpha value is -1.20. The van der Waals surface area contributed by atoms with E-state index in [4.69, 9.17) is 11.6 Å². The van der Waals surface area contributed by atoms with Crippen molar-refractivity contribution in [1.29, 1.82) is 0 Å². The lowest BCUT2D eigenvalue weighted by atomic mass is 10.1. The second kappa shape index (κ2) is 4.35. The predicted molar refractivity (Wildman–Crippen MR) is 62.1 cm³/mol. The van der Waals surface area contributed by atoms with E-state index < -0.39 is 5.82 Å². The van der Waals surface area contributed by atoms with Crippen molar-refractivity contribution in [2.45, 2.75) is 0 Å². The van der Waals surface area contributed by atoms with Gasteiger partial charge in [-0.3, -0.25) is 4.79 Å². The maximum absolute atomic E-state index is 13.5. The number of nitrogens with zero attached hydrogens (tertiary/aromatic N) is 1. The first-order valence-corrected chi connectivity index (χ1v) is 5.45. The van der Waals surface area contributed by atoms with Crippen LogP contribution in [-0.4, -0.2) is 16.3 Å². The minimum atomic E-state index is -0.450. The molecule has 0 atom stereocenters. The quantitative estimate of drug-likeness (QED) is 0.864. The fraction of sp³-hybridized carbons (Fsp3) is 0. The third kappa shape index (κ3) is 2.01. The van der Waals surface area contributed by atoms with Crippen molar-refractivity contribution in [1.82, 2.24) is 9.97 Å². The molecular formula is C10H5BrClFN2O.